The quantitative estimate of drug-likeness (QED) is 0.811. The van der Waals surface area contributed by atoms with Crippen LogP contribution in [0.4, 0.5) is 0 Å². The number of fused-ring (bicyclic) bond motifs is 2. The molecule has 3 aliphatic rings. The Hall–Kier alpha value is -0.570. The second kappa shape index (κ2) is 4.84. The average Bonchev–Trinajstić information content (AvgIpc) is 2.95. The average molecular weight is 250 g/mol. The van der Waals surface area contributed by atoms with Crippen LogP contribution >= 0.6 is 0 Å². The number of nitrogens with zero attached hydrogens (tertiary/aromatic N) is 1. The van der Waals surface area contributed by atoms with Gasteiger partial charge in [-0.05, 0) is 56.3 Å². The lowest BCUT2D eigenvalue weighted by Crippen LogP contribution is -2.47. The van der Waals surface area contributed by atoms with Gasteiger partial charge in [0.2, 0.25) is 5.91 Å². The minimum absolute atomic E-state index is 0.147. The third-order valence-electron chi connectivity index (χ3n) is 5.25. The Labute approximate surface area is 110 Å². The lowest BCUT2D eigenvalue weighted by atomic mass is 9.84. The van der Waals surface area contributed by atoms with Crippen molar-refractivity contribution in [3.8, 4) is 0 Å². The molecule has 0 spiro atoms. The number of hydrogen-bond donors (Lipinski definition) is 1. The van der Waals surface area contributed by atoms with Crippen LogP contribution in [0.1, 0.15) is 45.4 Å². The molecule has 0 aromatic carbocycles. The second-order valence-corrected chi connectivity index (χ2v) is 6.66. The molecule has 4 unspecified atom stereocenters. The lowest BCUT2D eigenvalue weighted by Gasteiger charge is -2.32. The van der Waals surface area contributed by atoms with Gasteiger partial charge in [0.05, 0.1) is 5.92 Å². The molecule has 3 rings (SSSR count). The third kappa shape index (κ3) is 2.18. The SMILES string of the molecule is CCCN(CC1CC1)C(=O)C1C2CCC(C2)C1N. The van der Waals surface area contributed by atoms with Gasteiger partial charge >= 0.3 is 0 Å². The molecule has 3 saturated carbocycles. The molecular weight excluding hydrogens is 224 g/mol. The summed E-state index contributed by atoms with van der Waals surface area (Å²) in [6.07, 6.45) is 7.40. The second-order valence-electron chi connectivity index (χ2n) is 6.66. The molecule has 2 N–H and O–H groups in total. The molecule has 3 nitrogen and oxygen atoms in total. The van der Waals surface area contributed by atoms with Crippen molar-refractivity contribution >= 4 is 5.91 Å². The molecule has 1 amide bonds. The number of carbonyl (C=O) groups excluding carboxylic acids is 1. The number of carbonyl (C=O) groups is 1. The highest BCUT2D eigenvalue weighted by atomic mass is 16.2. The first kappa shape index (κ1) is 12.5. The van der Waals surface area contributed by atoms with Crippen LogP contribution < -0.4 is 5.73 Å². The third-order valence-corrected chi connectivity index (χ3v) is 5.25. The normalized spacial score (nSPS) is 38.1. The summed E-state index contributed by atoms with van der Waals surface area (Å²) >= 11 is 0. The fourth-order valence-electron chi connectivity index (χ4n) is 4.09. The van der Waals surface area contributed by atoms with Crippen LogP contribution in [-0.2, 0) is 4.79 Å². The van der Waals surface area contributed by atoms with E-state index in [1.807, 2.05) is 0 Å². The highest BCUT2D eigenvalue weighted by molar-refractivity contribution is 5.80. The zero-order chi connectivity index (χ0) is 12.7. The Balaban J connectivity index is 1.67. The summed E-state index contributed by atoms with van der Waals surface area (Å²) in [6, 6.07) is 0.148. The molecule has 3 aliphatic carbocycles. The number of rotatable bonds is 5. The zero-order valence-electron chi connectivity index (χ0n) is 11.5. The van der Waals surface area contributed by atoms with Gasteiger partial charge in [-0.1, -0.05) is 6.92 Å². The van der Waals surface area contributed by atoms with E-state index in [2.05, 4.69) is 11.8 Å². The predicted octanol–water partition coefficient (Wildman–Crippen LogP) is 2.01. The van der Waals surface area contributed by atoms with Gasteiger partial charge in [-0.3, -0.25) is 4.79 Å². The number of amides is 1. The van der Waals surface area contributed by atoms with Crippen molar-refractivity contribution in [3.05, 3.63) is 0 Å². The van der Waals surface area contributed by atoms with Crippen molar-refractivity contribution in [2.24, 2.45) is 29.4 Å². The van der Waals surface area contributed by atoms with Crippen molar-refractivity contribution in [1.29, 1.82) is 0 Å². The van der Waals surface area contributed by atoms with Gasteiger partial charge in [0, 0.05) is 19.1 Å². The van der Waals surface area contributed by atoms with Gasteiger partial charge in [-0.15, -0.1) is 0 Å². The Bertz CT molecular complexity index is 324. The van der Waals surface area contributed by atoms with Crippen molar-refractivity contribution in [2.75, 3.05) is 13.1 Å². The van der Waals surface area contributed by atoms with Crippen LogP contribution in [0.5, 0.6) is 0 Å². The maximum absolute atomic E-state index is 12.7. The van der Waals surface area contributed by atoms with E-state index in [0.29, 0.717) is 17.7 Å². The van der Waals surface area contributed by atoms with E-state index < -0.39 is 0 Å². The van der Waals surface area contributed by atoms with Gasteiger partial charge in [-0.2, -0.15) is 0 Å². The summed E-state index contributed by atoms with van der Waals surface area (Å²) in [4.78, 5) is 14.9. The highest BCUT2D eigenvalue weighted by Gasteiger charge is 2.50. The van der Waals surface area contributed by atoms with Gasteiger partial charge in [0.15, 0.2) is 0 Å². The molecule has 3 fully saturated rings. The zero-order valence-corrected chi connectivity index (χ0v) is 11.5. The first-order valence-electron chi connectivity index (χ1n) is 7.75. The Morgan fingerprint density at radius 1 is 1.22 bits per heavy atom. The van der Waals surface area contributed by atoms with E-state index in [1.54, 1.807) is 0 Å². The van der Waals surface area contributed by atoms with Gasteiger partial charge in [0.1, 0.15) is 0 Å². The summed E-state index contributed by atoms with van der Waals surface area (Å²) in [6.45, 7) is 4.08. The Morgan fingerprint density at radius 3 is 2.50 bits per heavy atom. The smallest absolute Gasteiger partial charge is 0.227 e. The fraction of sp³-hybridized carbons (Fsp3) is 0.933. The Morgan fingerprint density at radius 2 is 1.94 bits per heavy atom. The van der Waals surface area contributed by atoms with Crippen LogP contribution in [0, 0.1) is 23.7 Å². The van der Waals surface area contributed by atoms with Crippen LogP contribution in [0.3, 0.4) is 0 Å². The molecule has 2 bridgehead atoms. The molecule has 4 atom stereocenters. The van der Waals surface area contributed by atoms with E-state index in [-0.39, 0.29) is 12.0 Å². The summed E-state index contributed by atoms with van der Waals surface area (Å²) in [5.74, 6) is 2.54. The highest BCUT2D eigenvalue weighted by Crippen LogP contribution is 2.48. The first-order chi connectivity index (χ1) is 8.70. The maximum Gasteiger partial charge on any atom is 0.227 e. The van der Waals surface area contributed by atoms with E-state index >= 15 is 0 Å². The molecule has 3 heteroatoms. The minimum Gasteiger partial charge on any atom is -0.342 e. The van der Waals surface area contributed by atoms with Crippen LogP contribution in [0.15, 0.2) is 0 Å². The summed E-state index contributed by atoms with van der Waals surface area (Å²) in [7, 11) is 0. The van der Waals surface area contributed by atoms with Crippen LogP contribution in [0.2, 0.25) is 0 Å². The molecule has 102 valence electrons. The van der Waals surface area contributed by atoms with Crippen LogP contribution in [0.25, 0.3) is 0 Å². The maximum atomic E-state index is 12.7. The largest absolute Gasteiger partial charge is 0.342 e. The standard InChI is InChI=1S/C15H26N2O/c1-2-7-17(9-10-3-4-10)15(18)13-11-5-6-12(8-11)14(13)16/h10-14H,2-9,16H2,1H3. The van der Waals surface area contributed by atoms with Crippen molar-refractivity contribution in [1.82, 2.24) is 4.90 Å². The molecule has 18 heavy (non-hydrogen) atoms. The topological polar surface area (TPSA) is 46.3 Å². The van der Waals surface area contributed by atoms with E-state index in [1.165, 1.54) is 32.1 Å². The van der Waals surface area contributed by atoms with Gasteiger partial charge in [-0.25, -0.2) is 0 Å². The summed E-state index contributed by atoms with van der Waals surface area (Å²) in [5, 5.41) is 0. The van der Waals surface area contributed by atoms with Crippen molar-refractivity contribution < 1.29 is 4.79 Å². The monoisotopic (exact) mass is 250 g/mol. The summed E-state index contributed by atoms with van der Waals surface area (Å²) in [5.41, 5.74) is 6.30. The molecule has 0 saturated heterocycles. The minimum atomic E-state index is 0.147. The molecule has 0 heterocycles. The van der Waals surface area contributed by atoms with E-state index in [0.717, 1.165) is 25.4 Å². The summed E-state index contributed by atoms with van der Waals surface area (Å²) < 4.78 is 0. The van der Waals surface area contributed by atoms with Crippen molar-refractivity contribution in [3.63, 3.8) is 0 Å². The molecule has 0 aromatic rings. The van der Waals surface area contributed by atoms with Gasteiger partial charge < -0.3 is 10.6 Å². The first-order valence-corrected chi connectivity index (χ1v) is 7.75. The van der Waals surface area contributed by atoms with Crippen molar-refractivity contribution in [2.45, 2.75) is 51.5 Å². The molecule has 0 aromatic heterocycles. The fourth-order valence-corrected chi connectivity index (χ4v) is 4.09. The number of hydrogen-bond acceptors (Lipinski definition) is 2. The predicted molar refractivity (Wildman–Crippen MR) is 71.9 cm³/mol. The van der Waals surface area contributed by atoms with E-state index in [4.69, 9.17) is 5.73 Å². The van der Waals surface area contributed by atoms with E-state index in [9.17, 15) is 4.79 Å². The Kier molecular flexibility index (Phi) is 3.35. The van der Waals surface area contributed by atoms with Crippen LogP contribution in [-0.4, -0.2) is 29.9 Å². The number of nitrogens with two attached hydrogens (primary N) is 1. The molecule has 0 radical (unpaired) electrons. The molecular formula is C15H26N2O. The molecule has 0 aliphatic heterocycles. The van der Waals surface area contributed by atoms with Gasteiger partial charge in [0.25, 0.3) is 0 Å². The lowest BCUT2D eigenvalue weighted by molar-refractivity contribution is -0.138.